The zero-order valence-corrected chi connectivity index (χ0v) is 20.1. The van der Waals surface area contributed by atoms with E-state index in [2.05, 4.69) is 47.6 Å². The predicted molar refractivity (Wildman–Crippen MR) is 114 cm³/mol. The summed E-state index contributed by atoms with van der Waals surface area (Å²) in [6, 6.07) is 0. The first kappa shape index (κ1) is 23.5. The third-order valence-electron chi connectivity index (χ3n) is 7.98. The van der Waals surface area contributed by atoms with Crippen molar-refractivity contribution in [2.24, 2.45) is 23.7 Å². The van der Waals surface area contributed by atoms with Gasteiger partial charge in [0.2, 0.25) is 0 Å². The van der Waals surface area contributed by atoms with E-state index < -0.39 is 20.3 Å². The maximum absolute atomic E-state index is 12.3. The summed E-state index contributed by atoms with van der Waals surface area (Å²) in [5.74, 6) is 2.02. The molecule has 2 aliphatic rings. The Hall–Kier alpha value is -0.796. The predicted octanol–water partition coefficient (Wildman–Crippen LogP) is 6.04. The van der Waals surface area contributed by atoms with Gasteiger partial charge in [-0.15, -0.1) is 0 Å². The summed E-state index contributed by atoms with van der Waals surface area (Å²) in [5, 5.41) is 0. The van der Waals surface area contributed by atoms with Gasteiger partial charge in [-0.05, 0) is 0 Å². The molecule has 2 aliphatic carbocycles. The molecule has 28 heavy (non-hydrogen) atoms. The second-order valence-electron chi connectivity index (χ2n) is 8.64. The summed E-state index contributed by atoms with van der Waals surface area (Å²) in [4.78, 5) is 36.9. The molecule has 5 unspecified atom stereocenters. The Bertz CT molecular complexity index is 656. The summed E-state index contributed by atoms with van der Waals surface area (Å²) in [6.07, 6.45) is 8.14. The quantitative estimate of drug-likeness (QED) is 0.318. The molecule has 0 fully saturated rings. The van der Waals surface area contributed by atoms with Gasteiger partial charge in [-0.3, -0.25) is 0 Å². The first-order chi connectivity index (χ1) is 13.5. The molecule has 156 valence electrons. The third kappa shape index (κ3) is 3.08. The van der Waals surface area contributed by atoms with Crippen molar-refractivity contribution in [3.8, 4) is 0 Å². The molecular weight excluding hydrogens is 384 g/mol. The monoisotopic (exact) mass is 422 g/mol. The summed E-state index contributed by atoms with van der Waals surface area (Å²) < 4.78 is 1.77. The molecule has 0 amide bonds. The maximum atomic E-state index is 12.3. The van der Waals surface area contributed by atoms with E-state index in [1.165, 1.54) is 16.7 Å². The second-order valence-corrected chi connectivity index (χ2v) is 14.0. The normalized spacial score (nSPS) is 32.7. The topological polar surface area (TPSA) is 51.2 Å². The van der Waals surface area contributed by atoms with Crippen LogP contribution in [0.15, 0.2) is 22.8 Å². The number of carbonyl (C=O) groups excluding carboxylic acids is 3. The molecule has 0 saturated heterocycles. The minimum absolute atomic E-state index is 0.359. The molecule has 2 rings (SSSR count). The van der Waals surface area contributed by atoms with Gasteiger partial charge in [-0.2, -0.15) is 0 Å². The van der Waals surface area contributed by atoms with E-state index >= 15 is 0 Å². The Morgan fingerprint density at radius 2 is 1.32 bits per heavy atom. The average Bonchev–Trinajstić information content (AvgIpc) is 3.09. The molecule has 5 atom stereocenters. The van der Waals surface area contributed by atoms with Crippen molar-refractivity contribution in [2.45, 2.75) is 83.8 Å². The van der Waals surface area contributed by atoms with Crippen LogP contribution in [-0.4, -0.2) is 13.8 Å². The van der Waals surface area contributed by atoms with Crippen molar-refractivity contribution in [2.75, 3.05) is 0 Å². The van der Waals surface area contributed by atoms with Gasteiger partial charge in [0.15, 0.2) is 0 Å². The fraction of sp³-hybridized carbons (Fsp3) is 0.708. The number of hydrogen-bond acceptors (Lipinski definition) is 3. The Labute approximate surface area is 174 Å². The molecule has 0 spiro atoms. The van der Waals surface area contributed by atoms with Gasteiger partial charge in [-0.25, -0.2) is 0 Å². The van der Waals surface area contributed by atoms with E-state index in [0.29, 0.717) is 30.1 Å². The fourth-order valence-corrected chi connectivity index (χ4v) is 10.8. The van der Waals surface area contributed by atoms with Crippen LogP contribution in [0.25, 0.3) is 0 Å². The van der Waals surface area contributed by atoms with Gasteiger partial charge in [0.25, 0.3) is 0 Å². The number of hydrogen-bond donors (Lipinski definition) is 0. The minimum atomic E-state index is -4.09. The van der Waals surface area contributed by atoms with Crippen LogP contribution in [-0.2, 0) is 31.0 Å². The van der Waals surface area contributed by atoms with Crippen molar-refractivity contribution >= 4 is 13.8 Å². The number of carbonyl (C=O) groups is 3. The molecule has 0 N–H and O–H groups in total. The van der Waals surface area contributed by atoms with Gasteiger partial charge in [0, 0.05) is 0 Å². The summed E-state index contributed by atoms with van der Waals surface area (Å²) in [7, 11) is 0. The van der Waals surface area contributed by atoms with Gasteiger partial charge in [-0.1, -0.05) is 0 Å². The summed E-state index contributed by atoms with van der Waals surface area (Å²) in [5.41, 5.74) is 4.05. The van der Waals surface area contributed by atoms with Crippen LogP contribution in [0, 0.1) is 23.7 Å². The van der Waals surface area contributed by atoms with E-state index in [4.69, 9.17) is 0 Å². The zero-order chi connectivity index (χ0) is 21.1. The molecule has 0 aromatic carbocycles. The number of rotatable bonds is 10. The molecule has 0 radical (unpaired) electrons. The van der Waals surface area contributed by atoms with Crippen molar-refractivity contribution in [1.82, 2.24) is 0 Å². The average molecular weight is 422 g/mol. The fourth-order valence-electron chi connectivity index (χ4n) is 6.70. The molecule has 0 aliphatic heterocycles. The van der Waals surface area contributed by atoms with E-state index in [1.807, 2.05) is 0 Å². The Balaban J connectivity index is 2.94. The molecule has 0 aromatic heterocycles. The summed E-state index contributed by atoms with van der Waals surface area (Å²) >= 11 is -4.09. The van der Waals surface area contributed by atoms with Crippen molar-refractivity contribution in [3.05, 3.63) is 22.8 Å². The van der Waals surface area contributed by atoms with E-state index in [0.717, 1.165) is 45.9 Å². The third-order valence-corrected chi connectivity index (χ3v) is 13.4. The molecule has 0 bridgehead atoms. The van der Waals surface area contributed by atoms with E-state index in [9.17, 15) is 14.4 Å². The Morgan fingerprint density at radius 3 is 1.68 bits per heavy atom. The Morgan fingerprint density at radius 1 is 0.821 bits per heavy atom. The molecule has 4 heteroatoms. The molecule has 0 aromatic rings. The first-order valence-electron chi connectivity index (χ1n) is 11.3. The van der Waals surface area contributed by atoms with Crippen LogP contribution in [0.5, 0.6) is 0 Å². The molecule has 0 heterocycles. The van der Waals surface area contributed by atoms with E-state index in [1.54, 1.807) is 0 Å². The Kier molecular flexibility index (Phi) is 7.84. The van der Waals surface area contributed by atoms with Crippen molar-refractivity contribution in [1.29, 1.82) is 0 Å². The standard InChI is InChI=1S/C21H35.3CHO.Ti/c1-7-14-13-15(8-2)21-19(12-6)17(10-4)16(9-3)18(11-5)20(14)21;3*1-2;/h13,16-19H,7-12H2,1-6H3;3*1H;. The van der Waals surface area contributed by atoms with Crippen LogP contribution < -0.4 is 0 Å². The van der Waals surface area contributed by atoms with Crippen LogP contribution in [0.2, 0.25) is 3.72 Å². The molecule has 3 nitrogen and oxygen atoms in total. The first-order valence-corrected chi connectivity index (χ1v) is 14.8. The van der Waals surface area contributed by atoms with Crippen LogP contribution >= 0.6 is 0 Å². The van der Waals surface area contributed by atoms with Crippen molar-refractivity contribution < 1.29 is 31.0 Å². The van der Waals surface area contributed by atoms with Crippen LogP contribution in [0.3, 0.4) is 0 Å². The molecule has 0 saturated carbocycles. The van der Waals surface area contributed by atoms with Gasteiger partial charge in [0.05, 0.1) is 0 Å². The van der Waals surface area contributed by atoms with Gasteiger partial charge in [0.1, 0.15) is 0 Å². The van der Waals surface area contributed by atoms with Crippen LogP contribution in [0.1, 0.15) is 80.1 Å². The van der Waals surface area contributed by atoms with Gasteiger partial charge < -0.3 is 0 Å². The second kappa shape index (κ2) is 9.35. The number of allylic oxidation sites excluding steroid dienone is 4. The summed E-state index contributed by atoms with van der Waals surface area (Å²) in [6.45, 7) is 13.3. The van der Waals surface area contributed by atoms with Gasteiger partial charge >= 0.3 is 175 Å². The zero-order valence-electron chi connectivity index (χ0n) is 18.6. The molecular formula is C24H38O3Ti. The SMILES string of the molecule is CCC1=C[C](CC)([Ti]([CH]=O)([CH]=O)[CH]=O)C2=C1C(CC)C(CC)C(CC)C2CC. The van der Waals surface area contributed by atoms with Crippen LogP contribution in [0.4, 0.5) is 0 Å². The van der Waals surface area contributed by atoms with Crippen molar-refractivity contribution in [3.63, 3.8) is 0 Å². The van der Waals surface area contributed by atoms with E-state index in [-0.39, 0.29) is 0 Å².